The van der Waals surface area contributed by atoms with Crippen molar-refractivity contribution in [2.75, 3.05) is 13.2 Å². The molecule has 110 valence electrons. The molecule has 1 aromatic heterocycles. The predicted octanol–water partition coefficient (Wildman–Crippen LogP) is 0.500. The minimum absolute atomic E-state index is 0.0145. The van der Waals surface area contributed by atoms with E-state index in [9.17, 15) is 4.79 Å². The van der Waals surface area contributed by atoms with Gasteiger partial charge in [0, 0.05) is 13.2 Å². The van der Waals surface area contributed by atoms with Crippen LogP contribution in [0.5, 0.6) is 0 Å². The Labute approximate surface area is 122 Å². The van der Waals surface area contributed by atoms with E-state index in [4.69, 9.17) is 4.74 Å². The van der Waals surface area contributed by atoms with Gasteiger partial charge < -0.3 is 10.1 Å². The van der Waals surface area contributed by atoms with Gasteiger partial charge in [-0.15, -0.1) is 5.10 Å². The fourth-order valence-corrected chi connectivity index (χ4v) is 2.33. The van der Waals surface area contributed by atoms with Gasteiger partial charge in [0.05, 0.1) is 18.2 Å². The van der Waals surface area contributed by atoms with Gasteiger partial charge in [-0.2, -0.15) is 0 Å². The van der Waals surface area contributed by atoms with E-state index in [1.807, 2.05) is 24.3 Å². The van der Waals surface area contributed by atoms with Crippen molar-refractivity contribution in [1.82, 2.24) is 25.5 Å². The summed E-state index contributed by atoms with van der Waals surface area (Å²) in [7, 11) is 0. The van der Waals surface area contributed by atoms with Gasteiger partial charge in [-0.3, -0.25) is 4.79 Å². The van der Waals surface area contributed by atoms with E-state index in [1.54, 1.807) is 4.68 Å². The zero-order valence-electron chi connectivity index (χ0n) is 11.6. The zero-order chi connectivity index (χ0) is 14.5. The summed E-state index contributed by atoms with van der Waals surface area (Å²) >= 11 is 0. The number of nitrogens with zero attached hydrogens (tertiary/aromatic N) is 4. The number of hydrogen-bond acceptors (Lipinski definition) is 5. The fourth-order valence-electron chi connectivity index (χ4n) is 2.33. The second-order valence-electron chi connectivity index (χ2n) is 5.04. The van der Waals surface area contributed by atoms with Crippen molar-refractivity contribution < 1.29 is 9.53 Å². The second-order valence-corrected chi connectivity index (χ2v) is 5.04. The number of tetrazole rings is 1. The molecule has 1 saturated heterocycles. The molecular formula is C14H17N5O2. The maximum Gasteiger partial charge on any atom is 0.224 e. The molecule has 0 bridgehead atoms. The van der Waals surface area contributed by atoms with Crippen LogP contribution in [-0.4, -0.2) is 45.4 Å². The van der Waals surface area contributed by atoms with Crippen LogP contribution in [0.25, 0.3) is 5.69 Å². The molecule has 1 fully saturated rings. The summed E-state index contributed by atoms with van der Waals surface area (Å²) in [6.07, 6.45) is 4.18. The van der Waals surface area contributed by atoms with Crippen molar-refractivity contribution in [2.24, 2.45) is 0 Å². The maximum absolute atomic E-state index is 11.9. The highest BCUT2D eigenvalue weighted by Crippen LogP contribution is 2.11. The zero-order valence-corrected chi connectivity index (χ0v) is 11.6. The molecular weight excluding hydrogens is 270 g/mol. The third kappa shape index (κ3) is 3.63. The molecule has 1 amide bonds. The minimum Gasteiger partial charge on any atom is -0.376 e. The van der Waals surface area contributed by atoms with E-state index in [-0.39, 0.29) is 12.0 Å². The van der Waals surface area contributed by atoms with Crippen molar-refractivity contribution in [3.63, 3.8) is 0 Å². The summed E-state index contributed by atoms with van der Waals surface area (Å²) in [5.74, 6) is 0.0145. The summed E-state index contributed by atoms with van der Waals surface area (Å²) in [6, 6.07) is 7.59. The lowest BCUT2D eigenvalue weighted by molar-refractivity contribution is -0.120. The smallest absolute Gasteiger partial charge is 0.224 e. The first-order chi connectivity index (χ1) is 10.3. The van der Waals surface area contributed by atoms with E-state index in [1.165, 1.54) is 6.33 Å². The highest BCUT2D eigenvalue weighted by atomic mass is 16.5. The Balaban J connectivity index is 1.51. The lowest BCUT2D eigenvalue weighted by Gasteiger charge is -2.10. The summed E-state index contributed by atoms with van der Waals surface area (Å²) in [4.78, 5) is 11.9. The van der Waals surface area contributed by atoms with Crippen LogP contribution in [0, 0.1) is 0 Å². The highest BCUT2D eigenvalue weighted by molar-refractivity contribution is 5.78. The van der Waals surface area contributed by atoms with Gasteiger partial charge >= 0.3 is 0 Å². The van der Waals surface area contributed by atoms with Crippen molar-refractivity contribution in [3.05, 3.63) is 36.2 Å². The van der Waals surface area contributed by atoms with Crippen LogP contribution in [0.2, 0.25) is 0 Å². The molecule has 0 spiro atoms. The number of carbonyl (C=O) groups excluding carboxylic acids is 1. The second kappa shape index (κ2) is 6.45. The molecule has 3 rings (SSSR count). The van der Waals surface area contributed by atoms with Crippen LogP contribution < -0.4 is 5.32 Å². The normalized spacial score (nSPS) is 17.8. The molecule has 2 heterocycles. The first-order valence-corrected chi connectivity index (χ1v) is 7.02. The number of benzene rings is 1. The molecule has 21 heavy (non-hydrogen) atoms. The molecule has 7 nitrogen and oxygen atoms in total. The van der Waals surface area contributed by atoms with Gasteiger partial charge in [0.2, 0.25) is 5.91 Å². The Morgan fingerprint density at radius 1 is 1.38 bits per heavy atom. The van der Waals surface area contributed by atoms with Crippen LogP contribution in [0.15, 0.2) is 30.6 Å². The molecule has 0 unspecified atom stereocenters. The van der Waals surface area contributed by atoms with Crippen LogP contribution in [-0.2, 0) is 16.0 Å². The fraction of sp³-hybridized carbons (Fsp3) is 0.429. The SMILES string of the molecule is O=C(Cc1ccc(-n2cnnn2)cc1)NC[C@H]1CCCO1. The number of carbonyl (C=O) groups is 1. The Morgan fingerprint density at radius 3 is 2.90 bits per heavy atom. The Morgan fingerprint density at radius 2 is 2.24 bits per heavy atom. The van der Waals surface area contributed by atoms with Crippen LogP contribution in [0.4, 0.5) is 0 Å². The van der Waals surface area contributed by atoms with Crippen molar-refractivity contribution >= 4 is 5.91 Å². The van der Waals surface area contributed by atoms with Crippen molar-refractivity contribution in [2.45, 2.75) is 25.4 Å². The van der Waals surface area contributed by atoms with Crippen LogP contribution >= 0.6 is 0 Å². The Bertz CT molecular complexity index is 576. The van der Waals surface area contributed by atoms with E-state index < -0.39 is 0 Å². The topological polar surface area (TPSA) is 81.9 Å². The Hall–Kier alpha value is -2.28. The summed E-state index contributed by atoms with van der Waals surface area (Å²) in [5.41, 5.74) is 1.82. The van der Waals surface area contributed by atoms with Gasteiger partial charge in [0.1, 0.15) is 6.33 Å². The molecule has 1 aromatic carbocycles. The van der Waals surface area contributed by atoms with Crippen molar-refractivity contribution in [1.29, 1.82) is 0 Å². The summed E-state index contributed by atoms with van der Waals surface area (Å²) in [5, 5.41) is 13.9. The predicted molar refractivity (Wildman–Crippen MR) is 74.8 cm³/mol. The van der Waals surface area contributed by atoms with Gasteiger partial charge in [0.25, 0.3) is 0 Å². The van der Waals surface area contributed by atoms with E-state index in [0.29, 0.717) is 13.0 Å². The van der Waals surface area contributed by atoms with Crippen LogP contribution in [0.3, 0.4) is 0 Å². The van der Waals surface area contributed by atoms with E-state index in [0.717, 1.165) is 30.7 Å². The molecule has 1 aliphatic heterocycles. The third-order valence-corrected chi connectivity index (χ3v) is 3.47. The number of nitrogens with one attached hydrogen (secondary N) is 1. The molecule has 0 saturated carbocycles. The van der Waals surface area contributed by atoms with E-state index in [2.05, 4.69) is 20.8 Å². The molecule has 0 aliphatic carbocycles. The first kappa shape index (κ1) is 13.7. The summed E-state index contributed by atoms with van der Waals surface area (Å²) in [6.45, 7) is 1.40. The molecule has 2 aromatic rings. The van der Waals surface area contributed by atoms with Gasteiger partial charge in [-0.25, -0.2) is 4.68 Å². The highest BCUT2D eigenvalue weighted by Gasteiger charge is 2.16. The molecule has 1 atom stereocenters. The Kier molecular flexibility index (Phi) is 4.20. The molecule has 1 aliphatic rings. The quantitative estimate of drug-likeness (QED) is 0.866. The maximum atomic E-state index is 11.9. The molecule has 0 radical (unpaired) electrons. The van der Waals surface area contributed by atoms with Gasteiger partial charge in [-0.1, -0.05) is 12.1 Å². The first-order valence-electron chi connectivity index (χ1n) is 7.02. The van der Waals surface area contributed by atoms with Gasteiger partial charge in [0.15, 0.2) is 0 Å². The largest absolute Gasteiger partial charge is 0.376 e. The standard InChI is InChI=1S/C14H17N5O2/c20-14(15-9-13-2-1-7-21-13)8-11-3-5-12(6-4-11)19-10-16-17-18-19/h3-6,10,13H,1-2,7-9H2,(H,15,20)/t13-/m1/s1. The lowest BCUT2D eigenvalue weighted by atomic mass is 10.1. The number of amides is 1. The number of hydrogen-bond donors (Lipinski definition) is 1. The van der Waals surface area contributed by atoms with E-state index >= 15 is 0 Å². The summed E-state index contributed by atoms with van der Waals surface area (Å²) < 4.78 is 7.05. The molecule has 1 N–H and O–H groups in total. The van der Waals surface area contributed by atoms with Gasteiger partial charge in [-0.05, 0) is 41.0 Å². The average molecular weight is 287 g/mol. The number of rotatable bonds is 5. The number of ether oxygens (including phenoxy) is 1. The van der Waals surface area contributed by atoms with Crippen LogP contribution in [0.1, 0.15) is 18.4 Å². The molecule has 7 heteroatoms. The van der Waals surface area contributed by atoms with Crippen molar-refractivity contribution in [3.8, 4) is 5.69 Å². The minimum atomic E-state index is 0.0145. The average Bonchev–Trinajstić information content (AvgIpc) is 3.19. The third-order valence-electron chi connectivity index (χ3n) is 3.47. The lowest BCUT2D eigenvalue weighted by Crippen LogP contribution is -2.32. The monoisotopic (exact) mass is 287 g/mol. The number of aromatic nitrogens is 4.